The van der Waals surface area contributed by atoms with E-state index in [2.05, 4.69) is 26.2 Å². The van der Waals surface area contributed by atoms with E-state index >= 15 is 0 Å². The number of rotatable bonds is 2. The van der Waals surface area contributed by atoms with E-state index in [9.17, 15) is 9.59 Å². The van der Waals surface area contributed by atoms with Gasteiger partial charge in [-0.1, -0.05) is 0 Å². The Kier molecular flexibility index (Phi) is 3.71. The molecule has 5 nitrogen and oxygen atoms in total. The normalized spacial score (nSPS) is 10.2. The Hall–Kier alpha value is -2.08. The lowest BCUT2D eigenvalue weighted by atomic mass is 10.2. The molecule has 1 heterocycles. The number of aromatic amines is 1. The first kappa shape index (κ1) is 13.4. The fraction of sp³-hybridized carbons (Fsp3) is 0.0769. The molecule has 0 aliphatic rings. The van der Waals surface area contributed by atoms with Crippen molar-refractivity contribution in [3.63, 3.8) is 0 Å². The molecule has 1 amide bonds. The van der Waals surface area contributed by atoms with Crippen LogP contribution < -0.4 is 16.6 Å². The van der Waals surface area contributed by atoms with Gasteiger partial charge in [0, 0.05) is 28.0 Å². The number of halogens is 1. The van der Waals surface area contributed by atoms with E-state index in [0.717, 1.165) is 10.0 Å². The molecule has 0 unspecified atom stereocenters. The van der Waals surface area contributed by atoms with Gasteiger partial charge in [0.15, 0.2) is 0 Å². The Morgan fingerprint density at radius 2 is 2.11 bits per heavy atom. The summed E-state index contributed by atoms with van der Waals surface area (Å²) < 4.78 is 0.734. The third kappa shape index (κ3) is 3.03. The number of carbonyl (C=O) groups excluding carboxylic acids is 1. The number of H-pyrrole nitrogens is 1. The Bertz CT molecular complexity index is 695. The second-order valence-electron chi connectivity index (χ2n) is 4.08. The molecule has 1 aromatic carbocycles. The van der Waals surface area contributed by atoms with Crippen LogP contribution in [0.4, 0.5) is 11.4 Å². The minimum atomic E-state index is -0.366. The average molecular weight is 322 g/mol. The number of nitrogen functional groups attached to an aromatic ring is 1. The van der Waals surface area contributed by atoms with Crippen LogP contribution in [0.2, 0.25) is 0 Å². The smallest absolute Gasteiger partial charge is 0.255 e. The summed E-state index contributed by atoms with van der Waals surface area (Å²) in [7, 11) is 0. The molecule has 0 fully saturated rings. The standard InChI is InChI=1S/C13H12BrN3O2/c1-7-4-9(14)11(6-10(7)15)17-13(19)8-2-3-16-12(18)5-8/h2-6H,15H2,1H3,(H,16,18)(H,17,19). The van der Waals surface area contributed by atoms with E-state index in [4.69, 9.17) is 5.73 Å². The number of aryl methyl sites for hydroxylation is 1. The second-order valence-corrected chi connectivity index (χ2v) is 4.94. The molecule has 0 aliphatic carbocycles. The lowest BCUT2D eigenvalue weighted by Crippen LogP contribution is -2.16. The summed E-state index contributed by atoms with van der Waals surface area (Å²) in [6.45, 7) is 1.88. The zero-order valence-corrected chi connectivity index (χ0v) is 11.7. The Balaban J connectivity index is 2.29. The van der Waals surface area contributed by atoms with Crippen molar-refractivity contribution < 1.29 is 4.79 Å². The number of amides is 1. The molecule has 19 heavy (non-hydrogen) atoms. The van der Waals surface area contributed by atoms with Crippen molar-refractivity contribution in [3.8, 4) is 0 Å². The van der Waals surface area contributed by atoms with Gasteiger partial charge in [0.25, 0.3) is 5.91 Å². The number of nitrogens with two attached hydrogens (primary N) is 1. The summed E-state index contributed by atoms with van der Waals surface area (Å²) in [6.07, 6.45) is 1.43. The molecule has 98 valence electrons. The van der Waals surface area contributed by atoms with Crippen LogP contribution >= 0.6 is 15.9 Å². The number of pyridine rings is 1. The van der Waals surface area contributed by atoms with E-state index in [-0.39, 0.29) is 17.0 Å². The predicted octanol–water partition coefficient (Wildman–Crippen LogP) is 2.28. The molecule has 0 saturated carbocycles. The second kappa shape index (κ2) is 5.27. The molecule has 0 saturated heterocycles. The molecule has 0 atom stereocenters. The van der Waals surface area contributed by atoms with Crippen LogP contribution in [0.25, 0.3) is 0 Å². The summed E-state index contributed by atoms with van der Waals surface area (Å²) in [5, 5.41) is 2.70. The van der Waals surface area contributed by atoms with Gasteiger partial charge in [0.2, 0.25) is 5.56 Å². The molecule has 0 radical (unpaired) electrons. The largest absolute Gasteiger partial charge is 0.398 e. The molecular weight excluding hydrogens is 310 g/mol. The fourth-order valence-corrected chi connectivity index (χ4v) is 2.12. The van der Waals surface area contributed by atoms with Crippen LogP contribution in [0.3, 0.4) is 0 Å². The zero-order chi connectivity index (χ0) is 14.0. The number of carbonyl (C=O) groups is 1. The number of anilines is 2. The van der Waals surface area contributed by atoms with Crippen molar-refractivity contribution in [2.75, 3.05) is 11.1 Å². The third-order valence-electron chi connectivity index (χ3n) is 2.64. The monoisotopic (exact) mass is 321 g/mol. The molecular formula is C13H12BrN3O2. The van der Waals surface area contributed by atoms with Crippen LogP contribution in [0.5, 0.6) is 0 Å². The fourth-order valence-electron chi connectivity index (χ4n) is 1.57. The van der Waals surface area contributed by atoms with Crippen LogP contribution in [0.15, 0.2) is 39.7 Å². The molecule has 4 N–H and O–H groups in total. The van der Waals surface area contributed by atoms with Crippen molar-refractivity contribution in [2.24, 2.45) is 0 Å². The topological polar surface area (TPSA) is 88.0 Å². The Morgan fingerprint density at radius 1 is 1.37 bits per heavy atom. The third-order valence-corrected chi connectivity index (χ3v) is 3.30. The maximum Gasteiger partial charge on any atom is 0.255 e. The highest BCUT2D eigenvalue weighted by Gasteiger charge is 2.10. The number of benzene rings is 1. The van der Waals surface area contributed by atoms with E-state index in [1.807, 2.05) is 13.0 Å². The summed E-state index contributed by atoms with van der Waals surface area (Å²) >= 11 is 3.36. The highest BCUT2D eigenvalue weighted by Crippen LogP contribution is 2.28. The lowest BCUT2D eigenvalue weighted by molar-refractivity contribution is 0.102. The van der Waals surface area contributed by atoms with Gasteiger partial charge < -0.3 is 16.0 Å². The summed E-state index contributed by atoms with van der Waals surface area (Å²) in [5.41, 5.74) is 7.83. The Morgan fingerprint density at radius 3 is 2.79 bits per heavy atom. The quantitative estimate of drug-likeness (QED) is 0.741. The number of hydrogen-bond acceptors (Lipinski definition) is 3. The lowest BCUT2D eigenvalue weighted by Gasteiger charge is -2.10. The summed E-state index contributed by atoms with van der Waals surface area (Å²) in [5.74, 6) is -0.366. The predicted molar refractivity (Wildman–Crippen MR) is 78.3 cm³/mol. The van der Waals surface area contributed by atoms with Gasteiger partial charge in [0.05, 0.1) is 5.69 Å². The molecule has 2 aromatic rings. The maximum absolute atomic E-state index is 12.0. The highest BCUT2D eigenvalue weighted by molar-refractivity contribution is 9.10. The SMILES string of the molecule is Cc1cc(Br)c(NC(=O)c2cc[nH]c(=O)c2)cc1N. The molecule has 6 heteroatoms. The van der Waals surface area contributed by atoms with Gasteiger partial charge >= 0.3 is 0 Å². The first-order chi connectivity index (χ1) is 8.97. The first-order valence-electron chi connectivity index (χ1n) is 5.53. The van der Waals surface area contributed by atoms with Crippen molar-refractivity contribution in [1.82, 2.24) is 4.98 Å². The summed E-state index contributed by atoms with van der Waals surface area (Å²) in [4.78, 5) is 25.6. The number of aromatic nitrogens is 1. The van der Waals surface area contributed by atoms with Gasteiger partial charge in [-0.2, -0.15) is 0 Å². The zero-order valence-electron chi connectivity index (χ0n) is 10.2. The number of hydrogen-bond donors (Lipinski definition) is 3. The minimum Gasteiger partial charge on any atom is -0.398 e. The van der Waals surface area contributed by atoms with Gasteiger partial charge in [0.1, 0.15) is 0 Å². The highest BCUT2D eigenvalue weighted by atomic mass is 79.9. The molecule has 1 aromatic heterocycles. The van der Waals surface area contributed by atoms with Gasteiger partial charge in [-0.3, -0.25) is 9.59 Å². The maximum atomic E-state index is 12.0. The van der Waals surface area contributed by atoms with Gasteiger partial charge in [-0.25, -0.2) is 0 Å². The van der Waals surface area contributed by atoms with E-state index in [1.54, 1.807) is 6.07 Å². The van der Waals surface area contributed by atoms with Crippen LogP contribution in [-0.2, 0) is 0 Å². The minimum absolute atomic E-state index is 0.287. The van der Waals surface area contributed by atoms with Crippen LogP contribution in [0, 0.1) is 6.92 Å². The average Bonchev–Trinajstić information content (AvgIpc) is 2.36. The first-order valence-corrected chi connectivity index (χ1v) is 6.32. The van der Waals surface area contributed by atoms with E-state index < -0.39 is 0 Å². The van der Waals surface area contributed by atoms with Crippen molar-refractivity contribution >= 4 is 33.2 Å². The van der Waals surface area contributed by atoms with Gasteiger partial charge in [-0.15, -0.1) is 0 Å². The molecule has 0 aliphatic heterocycles. The Labute approximate surface area is 118 Å². The van der Waals surface area contributed by atoms with Crippen molar-refractivity contribution in [3.05, 3.63) is 56.4 Å². The van der Waals surface area contributed by atoms with E-state index in [0.29, 0.717) is 11.4 Å². The molecule has 2 rings (SSSR count). The van der Waals surface area contributed by atoms with Crippen LogP contribution in [0.1, 0.15) is 15.9 Å². The molecule has 0 spiro atoms. The van der Waals surface area contributed by atoms with Crippen LogP contribution in [-0.4, -0.2) is 10.9 Å². The summed E-state index contributed by atoms with van der Waals surface area (Å²) in [6, 6.07) is 6.26. The van der Waals surface area contributed by atoms with Gasteiger partial charge in [-0.05, 0) is 46.6 Å². The van der Waals surface area contributed by atoms with Crippen molar-refractivity contribution in [2.45, 2.75) is 6.92 Å². The number of nitrogens with one attached hydrogen (secondary N) is 2. The van der Waals surface area contributed by atoms with Crippen molar-refractivity contribution in [1.29, 1.82) is 0 Å². The van der Waals surface area contributed by atoms with E-state index in [1.165, 1.54) is 18.3 Å². The molecule has 0 bridgehead atoms.